The van der Waals surface area contributed by atoms with Gasteiger partial charge in [-0.15, -0.1) is 0 Å². The molecule has 8 heavy (non-hydrogen) atoms. The lowest BCUT2D eigenvalue weighted by molar-refractivity contribution is 1.53. The van der Waals surface area contributed by atoms with Crippen molar-refractivity contribution in [1.29, 1.82) is 0 Å². The third-order valence-corrected chi connectivity index (χ3v) is 0.874. The van der Waals surface area contributed by atoms with Crippen LogP contribution >= 0.6 is 0 Å². The Kier molecular flexibility index (Phi) is 3.95. The van der Waals surface area contributed by atoms with E-state index in [0.717, 1.165) is 0 Å². The maximum atomic E-state index is 3.61. The molecule has 0 fully saturated rings. The van der Waals surface area contributed by atoms with Crippen molar-refractivity contribution in [3.05, 3.63) is 36.5 Å². The smallest absolute Gasteiger partial charge is 0.0398 e. The fourth-order valence-electron chi connectivity index (χ4n) is 0.316. The van der Waals surface area contributed by atoms with E-state index in [1.807, 2.05) is 38.2 Å². The van der Waals surface area contributed by atoms with Gasteiger partial charge in [-0.25, -0.2) is 0 Å². The number of allylic oxidation sites excluding steroid dienone is 5. The minimum atomic E-state index is 1.20. The fraction of sp³-hybridized carbons (Fsp3) is 0.250. The molecule has 0 saturated heterocycles. The van der Waals surface area contributed by atoms with Crippen molar-refractivity contribution in [2.75, 3.05) is 0 Å². The Labute approximate surface area is 51.2 Å². The number of hydrogen-bond acceptors (Lipinski definition) is 0. The van der Waals surface area contributed by atoms with Crippen molar-refractivity contribution in [3.63, 3.8) is 0 Å². The van der Waals surface area contributed by atoms with Gasteiger partial charge in [-0.05, 0) is 13.8 Å². The summed E-state index contributed by atoms with van der Waals surface area (Å²) >= 11 is 0. The molecule has 0 amide bonds. The highest BCUT2D eigenvalue weighted by molar-refractivity contribution is 5.18. The highest BCUT2D eigenvalue weighted by Crippen LogP contribution is 1.91. The third kappa shape index (κ3) is 3.41. The van der Waals surface area contributed by atoms with Crippen molar-refractivity contribution >= 4 is 0 Å². The van der Waals surface area contributed by atoms with Gasteiger partial charge in [0.15, 0.2) is 0 Å². The third-order valence-electron chi connectivity index (χ3n) is 0.874. The predicted octanol–water partition coefficient (Wildman–Crippen LogP) is 2.69. The molecular formula is C8H12. The van der Waals surface area contributed by atoms with Crippen LogP contribution in [0, 0.1) is 0 Å². The summed E-state index contributed by atoms with van der Waals surface area (Å²) in [5.41, 5.74) is 1.20. The first-order chi connectivity index (χ1) is 3.81. The van der Waals surface area contributed by atoms with Gasteiger partial charge in [0, 0.05) is 0 Å². The first kappa shape index (κ1) is 7.22. The molecule has 0 atom stereocenters. The Morgan fingerprint density at radius 1 is 1.50 bits per heavy atom. The molecule has 44 valence electrons. The first-order valence-corrected chi connectivity index (χ1v) is 2.73. The Balaban J connectivity index is 3.74. The average Bonchev–Trinajstić information content (AvgIpc) is 1.83. The maximum Gasteiger partial charge on any atom is -0.0398 e. The van der Waals surface area contributed by atoms with Crippen LogP contribution in [0.3, 0.4) is 0 Å². The quantitative estimate of drug-likeness (QED) is 0.477. The SMILES string of the molecule is C=C/C(C)=C/C=C/C. The standard InChI is InChI=1S/C8H12/c1-4-6-7-8(3)5-2/h4-7H,2H2,1,3H3/b6-4+,8-7+. The summed E-state index contributed by atoms with van der Waals surface area (Å²) < 4.78 is 0. The molecule has 0 heteroatoms. The van der Waals surface area contributed by atoms with E-state index in [0.29, 0.717) is 0 Å². The molecule has 0 rings (SSSR count). The molecule has 0 aromatic heterocycles. The van der Waals surface area contributed by atoms with E-state index < -0.39 is 0 Å². The highest BCUT2D eigenvalue weighted by Gasteiger charge is 1.70. The Bertz CT molecular complexity index is 116. The molecular weight excluding hydrogens is 96.1 g/mol. The van der Waals surface area contributed by atoms with Crippen molar-refractivity contribution in [3.8, 4) is 0 Å². The zero-order valence-electron chi connectivity index (χ0n) is 5.52. The van der Waals surface area contributed by atoms with Crippen LogP contribution in [0.4, 0.5) is 0 Å². The zero-order valence-corrected chi connectivity index (χ0v) is 5.52. The van der Waals surface area contributed by atoms with Gasteiger partial charge in [-0.2, -0.15) is 0 Å². The summed E-state index contributed by atoms with van der Waals surface area (Å²) in [6, 6.07) is 0. The second-order valence-electron chi connectivity index (χ2n) is 1.64. The van der Waals surface area contributed by atoms with E-state index in [2.05, 4.69) is 6.58 Å². The van der Waals surface area contributed by atoms with Gasteiger partial charge in [0.1, 0.15) is 0 Å². The van der Waals surface area contributed by atoms with E-state index >= 15 is 0 Å². The fourth-order valence-corrected chi connectivity index (χ4v) is 0.316. The van der Waals surface area contributed by atoms with Crippen LogP contribution < -0.4 is 0 Å². The Morgan fingerprint density at radius 3 is 2.50 bits per heavy atom. The van der Waals surface area contributed by atoms with Crippen LogP contribution in [0.25, 0.3) is 0 Å². The second kappa shape index (κ2) is 4.38. The van der Waals surface area contributed by atoms with Gasteiger partial charge in [-0.1, -0.05) is 36.5 Å². The topological polar surface area (TPSA) is 0 Å². The van der Waals surface area contributed by atoms with E-state index in [9.17, 15) is 0 Å². The van der Waals surface area contributed by atoms with Gasteiger partial charge in [-0.3, -0.25) is 0 Å². The van der Waals surface area contributed by atoms with E-state index in [-0.39, 0.29) is 0 Å². The summed E-state index contributed by atoms with van der Waals surface area (Å²) in [5.74, 6) is 0. The van der Waals surface area contributed by atoms with Gasteiger partial charge >= 0.3 is 0 Å². The van der Waals surface area contributed by atoms with Crippen LogP contribution in [-0.4, -0.2) is 0 Å². The molecule has 0 spiro atoms. The van der Waals surface area contributed by atoms with Crippen LogP contribution in [0.5, 0.6) is 0 Å². The lowest BCUT2D eigenvalue weighted by atomic mass is 10.3. The van der Waals surface area contributed by atoms with E-state index in [4.69, 9.17) is 0 Å². The van der Waals surface area contributed by atoms with Crippen LogP contribution in [-0.2, 0) is 0 Å². The summed E-state index contributed by atoms with van der Waals surface area (Å²) in [5, 5.41) is 0. The van der Waals surface area contributed by atoms with Crippen molar-refractivity contribution < 1.29 is 0 Å². The van der Waals surface area contributed by atoms with Gasteiger partial charge in [0.25, 0.3) is 0 Å². The molecule has 0 aliphatic heterocycles. The molecule has 0 unspecified atom stereocenters. The van der Waals surface area contributed by atoms with E-state index in [1.54, 1.807) is 0 Å². The molecule has 0 radical (unpaired) electrons. The average molecular weight is 108 g/mol. The molecule has 0 aliphatic carbocycles. The molecule has 0 bridgehead atoms. The highest BCUT2D eigenvalue weighted by atomic mass is 13.8. The molecule has 0 heterocycles. The van der Waals surface area contributed by atoms with Crippen molar-refractivity contribution in [2.45, 2.75) is 13.8 Å². The molecule has 0 nitrogen and oxygen atoms in total. The lowest BCUT2D eigenvalue weighted by Crippen LogP contribution is -1.60. The molecule has 0 N–H and O–H groups in total. The molecule has 0 aromatic carbocycles. The summed E-state index contributed by atoms with van der Waals surface area (Å²) in [7, 11) is 0. The summed E-state index contributed by atoms with van der Waals surface area (Å²) in [6.45, 7) is 7.63. The number of hydrogen-bond donors (Lipinski definition) is 0. The van der Waals surface area contributed by atoms with Crippen molar-refractivity contribution in [1.82, 2.24) is 0 Å². The molecule has 0 saturated carbocycles. The molecule has 0 aromatic rings. The second-order valence-corrected chi connectivity index (χ2v) is 1.64. The monoisotopic (exact) mass is 108 g/mol. The maximum absolute atomic E-state index is 3.61. The first-order valence-electron chi connectivity index (χ1n) is 2.73. The van der Waals surface area contributed by atoms with Gasteiger partial charge in [0.05, 0.1) is 0 Å². The number of rotatable bonds is 2. The van der Waals surface area contributed by atoms with Crippen LogP contribution in [0.15, 0.2) is 36.5 Å². The van der Waals surface area contributed by atoms with Crippen LogP contribution in [0.1, 0.15) is 13.8 Å². The minimum Gasteiger partial charge on any atom is -0.0988 e. The van der Waals surface area contributed by atoms with Crippen LogP contribution in [0.2, 0.25) is 0 Å². The predicted molar refractivity (Wildman–Crippen MR) is 38.8 cm³/mol. The van der Waals surface area contributed by atoms with E-state index in [1.165, 1.54) is 5.57 Å². The minimum absolute atomic E-state index is 1.20. The Morgan fingerprint density at radius 2 is 2.12 bits per heavy atom. The normalized spacial score (nSPS) is 12.5. The lowest BCUT2D eigenvalue weighted by Gasteiger charge is -1.81. The largest absolute Gasteiger partial charge is 0.0988 e. The van der Waals surface area contributed by atoms with Gasteiger partial charge < -0.3 is 0 Å². The zero-order chi connectivity index (χ0) is 6.41. The Hall–Kier alpha value is -0.780. The summed E-state index contributed by atoms with van der Waals surface area (Å²) in [6.07, 6.45) is 7.84. The van der Waals surface area contributed by atoms with Gasteiger partial charge in [0.2, 0.25) is 0 Å². The molecule has 0 aliphatic rings. The summed E-state index contributed by atoms with van der Waals surface area (Å²) in [4.78, 5) is 0. The van der Waals surface area contributed by atoms with Crippen molar-refractivity contribution in [2.24, 2.45) is 0 Å².